The molecule has 0 N–H and O–H groups in total. The predicted octanol–water partition coefficient (Wildman–Crippen LogP) is 2.79. The Morgan fingerprint density at radius 2 is 2.23 bits per heavy atom. The number of carbonyl (C=O) groups is 1. The summed E-state index contributed by atoms with van der Waals surface area (Å²) in [5, 5.41) is -0.113. The van der Waals surface area contributed by atoms with Gasteiger partial charge in [0.1, 0.15) is 11.4 Å². The van der Waals surface area contributed by atoms with Gasteiger partial charge in [-0.15, -0.1) is 0 Å². The van der Waals surface area contributed by atoms with Crippen LogP contribution in [0.2, 0.25) is 5.02 Å². The lowest BCUT2D eigenvalue weighted by atomic mass is 10.2. The molecule has 70 valence electrons. The first kappa shape index (κ1) is 10.1. The van der Waals surface area contributed by atoms with Crippen LogP contribution in [-0.4, -0.2) is 11.3 Å². The monoisotopic (exact) mass is 205 g/mol. The van der Waals surface area contributed by atoms with Gasteiger partial charge in [-0.2, -0.15) is 0 Å². The van der Waals surface area contributed by atoms with Gasteiger partial charge in [-0.05, 0) is 18.6 Å². The van der Waals surface area contributed by atoms with E-state index < -0.39 is 12.1 Å². The number of nitrogens with zero attached hydrogens (tertiary/aromatic N) is 1. The third-order valence-corrected chi connectivity index (χ3v) is 1.85. The minimum Gasteiger partial charge on any atom is -0.296 e. The van der Waals surface area contributed by atoms with Gasteiger partial charge in [-0.25, -0.2) is 13.8 Å². The maximum absolute atomic E-state index is 12.2. The molecule has 1 aromatic rings. The molecule has 0 aliphatic rings. The van der Waals surface area contributed by atoms with Crippen LogP contribution in [0.15, 0.2) is 6.07 Å². The van der Waals surface area contributed by atoms with E-state index in [-0.39, 0.29) is 10.7 Å². The molecule has 0 unspecified atom stereocenters. The number of halogens is 3. The minimum atomic E-state index is -2.76. The molecule has 0 atom stereocenters. The van der Waals surface area contributed by atoms with Crippen molar-refractivity contribution in [2.75, 3.05) is 0 Å². The Kier molecular flexibility index (Phi) is 2.93. The van der Waals surface area contributed by atoms with Crippen molar-refractivity contribution < 1.29 is 13.6 Å². The van der Waals surface area contributed by atoms with Gasteiger partial charge in [-0.3, -0.25) is 4.79 Å². The van der Waals surface area contributed by atoms with Crippen molar-refractivity contribution in [3.8, 4) is 0 Å². The summed E-state index contributed by atoms with van der Waals surface area (Å²) in [5.74, 6) is 0. The summed E-state index contributed by atoms with van der Waals surface area (Å²) in [4.78, 5) is 13.8. The second-order valence-corrected chi connectivity index (χ2v) is 2.88. The molecule has 0 aromatic carbocycles. The fraction of sp³-hybridized carbons (Fsp3) is 0.250. The summed E-state index contributed by atoms with van der Waals surface area (Å²) >= 11 is 5.50. The summed E-state index contributed by atoms with van der Waals surface area (Å²) in [7, 11) is 0. The van der Waals surface area contributed by atoms with Crippen LogP contribution in [0.3, 0.4) is 0 Å². The molecule has 5 heteroatoms. The van der Waals surface area contributed by atoms with E-state index in [2.05, 4.69) is 4.98 Å². The summed E-state index contributed by atoms with van der Waals surface area (Å²) in [6.07, 6.45) is -2.33. The second-order valence-electron chi connectivity index (χ2n) is 2.48. The normalized spacial score (nSPS) is 10.5. The molecule has 0 fully saturated rings. The second kappa shape index (κ2) is 3.79. The molecule has 1 rings (SSSR count). The zero-order valence-corrected chi connectivity index (χ0v) is 7.48. The molecule has 1 heterocycles. The maximum atomic E-state index is 12.2. The number of aromatic nitrogens is 1. The average Bonchev–Trinajstić information content (AvgIpc) is 2.03. The fourth-order valence-electron chi connectivity index (χ4n) is 0.882. The van der Waals surface area contributed by atoms with Crippen LogP contribution in [0.25, 0.3) is 0 Å². The highest BCUT2D eigenvalue weighted by Crippen LogP contribution is 2.26. The van der Waals surface area contributed by atoms with E-state index in [0.717, 1.165) is 0 Å². The van der Waals surface area contributed by atoms with Crippen molar-refractivity contribution in [3.05, 3.63) is 28.0 Å². The van der Waals surface area contributed by atoms with Crippen LogP contribution in [0.5, 0.6) is 0 Å². The number of hydrogen-bond donors (Lipinski definition) is 0. The van der Waals surface area contributed by atoms with Crippen molar-refractivity contribution in [1.29, 1.82) is 0 Å². The molecule has 2 nitrogen and oxygen atoms in total. The number of aldehydes is 1. The minimum absolute atomic E-state index is 0.000278. The molecule has 0 bridgehead atoms. The van der Waals surface area contributed by atoms with Crippen LogP contribution in [0.4, 0.5) is 8.78 Å². The average molecular weight is 206 g/mol. The fourth-order valence-corrected chi connectivity index (χ4v) is 1.17. The van der Waals surface area contributed by atoms with Gasteiger partial charge in [-0.1, -0.05) is 11.6 Å². The molecule has 0 aliphatic carbocycles. The molecule has 13 heavy (non-hydrogen) atoms. The first-order valence-corrected chi connectivity index (χ1v) is 3.84. The van der Waals surface area contributed by atoms with E-state index >= 15 is 0 Å². The van der Waals surface area contributed by atoms with Gasteiger partial charge in [0.15, 0.2) is 6.29 Å². The van der Waals surface area contributed by atoms with Gasteiger partial charge in [0.2, 0.25) is 0 Å². The highest BCUT2D eigenvalue weighted by molar-refractivity contribution is 6.31. The third-order valence-electron chi connectivity index (χ3n) is 1.55. The van der Waals surface area contributed by atoms with Crippen molar-refractivity contribution in [1.82, 2.24) is 4.98 Å². The topological polar surface area (TPSA) is 30.0 Å². The Labute approximate surface area is 78.5 Å². The molecule has 0 spiro atoms. The number of carbonyl (C=O) groups excluding carboxylic acids is 1. The van der Waals surface area contributed by atoms with E-state index in [0.29, 0.717) is 11.8 Å². The van der Waals surface area contributed by atoms with Crippen LogP contribution in [-0.2, 0) is 0 Å². The van der Waals surface area contributed by atoms with Crippen molar-refractivity contribution in [2.45, 2.75) is 13.3 Å². The number of aryl methyl sites for hydroxylation is 1. The van der Waals surface area contributed by atoms with Gasteiger partial charge in [0, 0.05) is 0 Å². The van der Waals surface area contributed by atoms with E-state index in [1.807, 2.05) is 0 Å². The zero-order chi connectivity index (χ0) is 10.0. The van der Waals surface area contributed by atoms with Gasteiger partial charge in [0.25, 0.3) is 6.43 Å². The van der Waals surface area contributed by atoms with Crippen molar-refractivity contribution in [3.63, 3.8) is 0 Å². The summed E-state index contributed by atoms with van der Waals surface area (Å²) in [5.41, 5.74) is -0.0570. The predicted molar refractivity (Wildman–Crippen MR) is 44.3 cm³/mol. The SMILES string of the molecule is Cc1cc(Cl)c(C(F)F)nc1C=O. The van der Waals surface area contributed by atoms with Crippen LogP contribution in [0, 0.1) is 6.92 Å². The standard InChI is InChI=1S/C8H6ClF2NO/c1-4-2-5(9)7(8(10)11)12-6(4)3-13/h2-3,8H,1H3. The lowest BCUT2D eigenvalue weighted by Gasteiger charge is -2.04. The Bertz CT molecular complexity index is 341. The maximum Gasteiger partial charge on any atom is 0.281 e. The Hall–Kier alpha value is -1.03. The molecule has 1 aromatic heterocycles. The Morgan fingerprint density at radius 3 is 2.69 bits per heavy atom. The van der Waals surface area contributed by atoms with E-state index in [4.69, 9.17) is 11.6 Å². The lowest BCUT2D eigenvalue weighted by Crippen LogP contribution is -1.99. The van der Waals surface area contributed by atoms with Crippen LogP contribution in [0.1, 0.15) is 28.2 Å². The Morgan fingerprint density at radius 1 is 1.62 bits per heavy atom. The summed E-state index contributed by atoms with van der Waals surface area (Å²) in [6.45, 7) is 1.58. The number of alkyl halides is 2. The lowest BCUT2D eigenvalue weighted by molar-refractivity contribution is 0.111. The van der Waals surface area contributed by atoms with E-state index in [9.17, 15) is 13.6 Å². The van der Waals surface area contributed by atoms with Crippen molar-refractivity contribution in [2.24, 2.45) is 0 Å². The highest BCUT2D eigenvalue weighted by atomic mass is 35.5. The van der Waals surface area contributed by atoms with Crippen LogP contribution >= 0.6 is 11.6 Å². The molecule has 0 amide bonds. The molecular weight excluding hydrogens is 200 g/mol. The molecule has 0 radical (unpaired) electrons. The molecule has 0 saturated carbocycles. The molecule has 0 aliphatic heterocycles. The first-order chi connectivity index (χ1) is 6.06. The van der Waals surface area contributed by atoms with E-state index in [1.54, 1.807) is 6.92 Å². The third kappa shape index (κ3) is 2.01. The van der Waals surface area contributed by atoms with Gasteiger partial charge < -0.3 is 0 Å². The summed E-state index contributed by atoms with van der Waals surface area (Å²) in [6, 6.07) is 1.31. The number of hydrogen-bond acceptors (Lipinski definition) is 2. The Balaban J connectivity index is 3.30. The van der Waals surface area contributed by atoms with Gasteiger partial charge >= 0.3 is 0 Å². The zero-order valence-electron chi connectivity index (χ0n) is 6.72. The van der Waals surface area contributed by atoms with Crippen molar-refractivity contribution >= 4 is 17.9 Å². The smallest absolute Gasteiger partial charge is 0.281 e. The summed E-state index contributed by atoms with van der Waals surface area (Å²) < 4.78 is 24.4. The van der Waals surface area contributed by atoms with Gasteiger partial charge in [0.05, 0.1) is 5.02 Å². The number of pyridine rings is 1. The first-order valence-electron chi connectivity index (χ1n) is 3.46. The quantitative estimate of drug-likeness (QED) is 0.695. The molecular formula is C8H6ClF2NO. The van der Waals surface area contributed by atoms with Crippen LogP contribution < -0.4 is 0 Å². The molecule has 0 saturated heterocycles. The highest BCUT2D eigenvalue weighted by Gasteiger charge is 2.15. The van der Waals surface area contributed by atoms with E-state index in [1.165, 1.54) is 6.07 Å². The largest absolute Gasteiger partial charge is 0.296 e. The number of rotatable bonds is 2.